The zero-order valence-corrected chi connectivity index (χ0v) is 15.1. The molecule has 2 aromatic heterocycles. The fourth-order valence-corrected chi connectivity index (χ4v) is 2.55. The zero-order valence-electron chi connectivity index (χ0n) is 15.1. The highest BCUT2D eigenvalue weighted by Crippen LogP contribution is 2.26. The number of hydrogen-bond donors (Lipinski definition) is 1. The minimum absolute atomic E-state index is 0.138. The van der Waals surface area contributed by atoms with E-state index in [1.807, 2.05) is 0 Å². The smallest absolute Gasteiger partial charge is 0.269 e. The number of ether oxygens (including phenoxy) is 1. The number of amides is 1. The summed E-state index contributed by atoms with van der Waals surface area (Å²) in [4.78, 5) is 29.2. The lowest BCUT2D eigenvalue weighted by Gasteiger charge is -2.11. The van der Waals surface area contributed by atoms with Gasteiger partial charge in [-0.25, -0.2) is 4.39 Å². The molecule has 0 aliphatic rings. The van der Waals surface area contributed by atoms with E-state index >= 15 is 0 Å². The fraction of sp³-hybridized carbons (Fsp3) is 0.100. The van der Waals surface area contributed by atoms with Crippen LogP contribution in [0.15, 0.2) is 53.0 Å². The molecular formula is C20H15FN4O3. The summed E-state index contributed by atoms with van der Waals surface area (Å²) < 4.78 is 20.9. The van der Waals surface area contributed by atoms with Gasteiger partial charge in [0, 0.05) is 13.2 Å². The molecule has 0 spiro atoms. The Morgan fingerprint density at radius 2 is 2.07 bits per heavy atom. The van der Waals surface area contributed by atoms with Crippen molar-refractivity contribution in [3.63, 3.8) is 0 Å². The maximum absolute atomic E-state index is 14.0. The molecule has 0 aliphatic heterocycles. The number of rotatable bonds is 4. The van der Waals surface area contributed by atoms with Crippen molar-refractivity contribution in [2.24, 2.45) is 0 Å². The average molecular weight is 378 g/mol. The van der Waals surface area contributed by atoms with E-state index in [9.17, 15) is 19.2 Å². The third-order valence-electron chi connectivity index (χ3n) is 3.97. The van der Waals surface area contributed by atoms with Gasteiger partial charge < -0.3 is 10.1 Å². The van der Waals surface area contributed by atoms with Crippen LogP contribution in [0.2, 0.25) is 0 Å². The molecule has 0 saturated heterocycles. The molecule has 7 nitrogen and oxygen atoms in total. The van der Waals surface area contributed by atoms with E-state index in [0.29, 0.717) is 11.2 Å². The summed E-state index contributed by atoms with van der Waals surface area (Å²) in [5.41, 5.74) is -0.00894. The van der Waals surface area contributed by atoms with Crippen LogP contribution < -0.4 is 15.6 Å². The van der Waals surface area contributed by atoms with Gasteiger partial charge >= 0.3 is 0 Å². The maximum atomic E-state index is 14.0. The molecular weight excluding hydrogens is 363 g/mol. The molecule has 8 heteroatoms. The van der Waals surface area contributed by atoms with Crippen LogP contribution in [0, 0.1) is 24.1 Å². The molecule has 0 bridgehead atoms. The van der Waals surface area contributed by atoms with Crippen LogP contribution in [0.5, 0.6) is 11.6 Å². The summed E-state index contributed by atoms with van der Waals surface area (Å²) >= 11 is 0. The van der Waals surface area contributed by atoms with Crippen LogP contribution in [-0.4, -0.2) is 22.3 Å². The second-order valence-electron chi connectivity index (χ2n) is 5.80. The van der Waals surface area contributed by atoms with Gasteiger partial charge in [-0.3, -0.25) is 14.0 Å². The van der Waals surface area contributed by atoms with E-state index in [2.05, 4.69) is 10.3 Å². The molecule has 3 aromatic rings. The second kappa shape index (κ2) is 7.72. The molecule has 3 rings (SSSR count). The number of hydrogen-bond acceptors (Lipinski definition) is 5. The first-order valence-corrected chi connectivity index (χ1v) is 8.24. The molecule has 0 fully saturated rings. The average Bonchev–Trinajstić information content (AvgIpc) is 2.70. The Bertz CT molecular complexity index is 1210. The minimum atomic E-state index is -0.673. The van der Waals surface area contributed by atoms with Crippen LogP contribution >= 0.6 is 0 Å². The number of benzene rings is 1. The van der Waals surface area contributed by atoms with Gasteiger partial charge in [-0.2, -0.15) is 10.2 Å². The largest absolute Gasteiger partial charge is 0.435 e. The normalized spacial score (nSPS) is 11.1. The molecule has 1 amide bonds. The molecule has 1 aromatic carbocycles. The van der Waals surface area contributed by atoms with Gasteiger partial charge in [0.05, 0.1) is 0 Å². The van der Waals surface area contributed by atoms with Crippen molar-refractivity contribution in [3.05, 3.63) is 75.5 Å². The number of carbonyl (C=O) groups is 1. The van der Waals surface area contributed by atoms with Crippen molar-refractivity contribution in [1.29, 1.82) is 5.26 Å². The number of para-hydroxylation sites is 1. The van der Waals surface area contributed by atoms with Crippen LogP contribution in [0.25, 0.3) is 11.7 Å². The van der Waals surface area contributed by atoms with Gasteiger partial charge in [0.2, 0.25) is 5.88 Å². The topological polar surface area (TPSA) is 96.5 Å². The molecule has 140 valence electrons. The van der Waals surface area contributed by atoms with Gasteiger partial charge in [-0.05, 0) is 36.8 Å². The van der Waals surface area contributed by atoms with Crippen LogP contribution in [-0.2, 0) is 4.79 Å². The molecule has 1 N–H and O–H groups in total. The Balaban J connectivity index is 2.31. The number of aryl methyl sites for hydroxylation is 1. The highest BCUT2D eigenvalue weighted by molar-refractivity contribution is 6.01. The standard InChI is InChI=1S/C20H15FN4O3/c1-12-6-5-9-25-17(12)24-19(28-16-8-4-3-7-15(16)21)14(20(25)27)10-13(11-22)18(26)23-2/h3-10H,1-2H3,(H,23,26). The third kappa shape index (κ3) is 3.46. The fourth-order valence-electron chi connectivity index (χ4n) is 2.55. The van der Waals surface area contributed by atoms with Crippen molar-refractivity contribution >= 4 is 17.6 Å². The van der Waals surface area contributed by atoms with Crippen molar-refractivity contribution in [2.75, 3.05) is 7.05 Å². The highest BCUT2D eigenvalue weighted by atomic mass is 19.1. The summed E-state index contributed by atoms with van der Waals surface area (Å²) in [6.45, 7) is 1.76. The van der Waals surface area contributed by atoms with E-state index < -0.39 is 17.3 Å². The van der Waals surface area contributed by atoms with Gasteiger partial charge in [0.15, 0.2) is 11.6 Å². The number of fused-ring (bicyclic) bond motifs is 1. The highest BCUT2D eigenvalue weighted by Gasteiger charge is 2.18. The van der Waals surface area contributed by atoms with Gasteiger partial charge in [0.25, 0.3) is 11.5 Å². The molecule has 0 saturated carbocycles. The number of halogens is 1. The van der Waals surface area contributed by atoms with E-state index in [0.717, 1.165) is 6.08 Å². The quantitative estimate of drug-likeness (QED) is 0.556. The monoisotopic (exact) mass is 378 g/mol. The maximum Gasteiger partial charge on any atom is 0.269 e. The SMILES string of the molecule is CNC(=O)C(C#N)=Cc1c(Oc2ccccc2F)nc2c(C)cccn2c1=O. The first kappa shape index (κ1) is 18.8. The lowest BCUT2D eigenvalue weighted by atomic mass is 10.1. The Hall–Kier alpha value is -3.99. The molecule has 0 atom stereocenters. The number of aromatic nitrogens is 2. The first-order chi connectivity index (χ1) is 13.5. The molecule has 28 heavy (non-hydrogen) atoms. The first-order valence-electron chi connectivity index (χ1n) is 8.24. The Morgan fingerprint density at radius 1 is 1.32 bits per heavy atom. The number of nitrogens with zero attached hydrogens (tertiary/aromatic N) is 3. The number of likely N-dealkylation sites (N-methyl/N-ethyl adjacent to an activating group) is 1. The summed E-state index contributed by atoms with van der Waals surface area (Å²) in [6.07, 6.45) is 2.59. The summed E-state index contributed by atoms with van der Waals surface area (Å²) in [5, 5.41) is 11.6. The van der Waals surface area contributed by atoms with Crippen molar-refractivity contribution in [2.45, 2.75) is 6.92 Å². The number of nitriles is 1. The predicted molar refractivity (Wildman–Crippen MR) is 100 cm³/mol. The Kier molecular flexibility index (Phi) is 5.18. The molecule has 2 heterocycles. The van der Waals surface area contributed by atoms with E-state index in [4.69, 9.17) is 4.74 Å². The lowest BCUT2D eigenvalue weighted by Crippen LogP contribution is -2.22. The Morgan fingerprint density at radius 3 is 2.75 bits per heavy atom. The van der Waals surface area contributed by atoms with Crippen molar-refractivity contribution in [3.8, 4) is 17.7 Å². The lowest BCUT2D eigenvalue weighted by molar-refractivity contribution is -0.116. The van der Waals surface area contributed by atoms with Crippen LogP contribution in [0.1, 0.15) is 11.1 Å². The number of pyridine rings is 1. The predicted octanol–water partition coefficient (Wildman–Crippen LogP) is 2.59. The van der Waals surface area contributed by atoms with Crippen molar-refractivity contribution < 1.29 is 13.9 Å². The Labute approximate surface area is 159 Å². The molecule has 0 aliphatic carbocycles. The van der Waals surface area contributed by atoms with E-state index in [-0.39, 0.29) is 22.8 Å². The van der Waals surface area contributed by atoms with Crippen LogP contribution in [0.3, 0.4) is 0 Å². The van der Waals surface area contributed by atoms with Gasteiger partial charge in [0.1, 0.15) is 22.9 Å². The zero-order chi connectivity index (χ0) is 20.3. The third-order valence-corrected chi connectivity index (χ3v) is 3.97. The molecule has 0 radical (unpaired) electrons. The summed E-state index contributed by atoms with van der Waals surface area (Å²) in [7, 11) is 1.36. The van der Waals surface area contributed by atoms with Crippen LogP contribution in [0.4, 0.5) is 4.39 Å². The van der Waals surface area contributed by atoms with Gasteiger partial charge in [-0.15, -0.1) is 0 Å². The van der Waals surface area contributed by atoms with Crippen molar-refractivity contribution in [1.82, 2.24) is 14.7 Å². The number of nitrogens with one attached hydrogen (secondary N) is 1. The minimum Gasteiger partial charge on any atom is -0.435 e. The molecule has 0 unspecified atom stereocenters. The summed E-state index contributed by atoms with van der Waals surface area (Å²) in [6, 6.07) is 10.8. The second-order valence-corrected chi connectivity index (χ2v) is 5.80. The van der Waals surface area contributed by atoms with Gasteiger partial charge in [-0.1, -0.05) is 18.2 Å². The van der Waals surface area contributed by atoms with E-state index in [1.165, 1.54) is 35.8 Å². The number of carbonyl (C=O) groups excluding carboxylic acids is 1. The van der Waals surface area contributed by atoms with E-state index in [1.54, 1.807) is 31.2 Å². The summed E-state index contributed by atoms with van der Waals surface area (Å²) in [5.74, 6) is -1.66.